The summed E-state index contributed by atoms with van der Waals surface area (Å²) in [5.74, 6) is 0. The van der Waals surface area contributed by atoms with Crippen molar-refractivity contribution >= 4 is 18.0 Å². The maximum atomic E-state index is 11.5. The second-order valence-corrected chi connectivity index (χ2v) is 8.63. The third kappa shape index (κ3) is 6.22. The Bertz CT molecular complexity index is 830. The number of rotatable bonds is 3. The second kappa shape index (κ2) is 9.31. The molecular formula is C22H33N3O4. The van der Waals surface area contributed by atoms with Crippen molar-refractivity contribution in [1.29, 1.82) is 0 Å². The molecule has 0 atom stereocenters. The van der Waals surface area contributed by atoms with E-state index in [2.05, 4.69) is 34.8 Å². The zero-order valence-electron chi connectivity index (χ0n) is 18.3. The monoisotopic (exact) mass is 403 g/mol. The van der Waals surface area contributed by atoms with Crippen LogP contribution in [0, 0.1) is 6.92 Å². The molecule has 1 aliphatic rings. The van der Waals surface area contributed by atoms with Gasteiger partial charge in [0.1, 0.15) is 5.60 Å². The van der Waals surface area contributed by atoms with Crippen molar-refractivity contribution in [1.82, 2.24) is 14.6 Å². The first-order valence-corrected chi connectivity index (χ1v) is 9.89. The number of carbonyl (C=O) groups is 2. The Hall–Kier alpha value is -2.54. The topological polar surface area (TPSA) is 72.3 Å². The highest BCUT2D eigenvalue weighted by Gasteiger charge is 2.24. The zero-order valence-corrected chi connectivity index (χ0v) is 18.3. The molecule has 0 saturated carbocycles. The molecule has 29 heavy (non-hydrogen) atoms. The molecule has 160 valence electrons. The average Bonchev–Trinajstić information content (AvgIpc) is 3.08. The number of morpholine rings is 1. The van der Waals surface area contributed by atoms with Crippen molar-refractivity contribution in [2.45, 2.75) is 52.7 Å². The van der Waals surface area contributed by atoms with Gasteiger partial charge in [-0.3, -0.25) is 4.79 Å². The van der Waals surface area contributed by atoms with Crippen molar-refractivity contribution in [3.05, 3.63) is 41.7 Å². The van der Waals surface area contributed by atoms with Crippen molar-refractivity contribution in [2.75, 3.05) is 26.3 Å². The Morgan fingerprint density at radius 1 is 1.14 bits per heavy atom. The van der Waals surface area contributed by atoms with Crippen LogP contribution >= 0.6 is 0 Å². The number of pyridine rings is 1. The molecule has 2 aromatic heterocycles. The van der Waals surface area contributed by atoms with Gasteiger partial charge in [-0.1, -0.05) is 6.07 Å². The van der Waals surface area contributed by atoms with Crippen LogP contribution in [0.15, 0.2) is 30.5 Å². The number of aromatic nitrogens is 1. The van der Waals surface area contributed by atoms with Gasteiger partial charge in [-0.15, -0.1) is 0 Å². The fourth-order valence-corrected chi connectivity index (χ4v) is 3.09. The molecule has 7 heteroatoms. The first kappa shape index (κ1) is 22.7. The van der Waals surface area contributed by atoms with E-state index in [0.717, 1.165) is 12.1 Å². The third-order valence-electron chi connectivity index (χ3n) is 4.63. The molecule has 0 aromatic carbocycles. The SMILES string of the molecule is CC(C)(C)OC(=O)N1CCOCC1.Cc1cccn2c(C(C)(C)NC=O)ccc12. The van der Waals surface area contributed by atoms with Crippen LogP contribution in [0.1, 0.15) is 45.9 Å². The highest BCUT2D eigenvalue weighted by Crippen LogP contribution is 2.23. The second-order valence-electron chi connectivity index (χ2n) is 8.63. The molecule has 3 rings (SSSR count). The Morgan fingerprint density at radius 3 is 2.38 bits per heavy atom. The predicted molar refractivity (Wildman–Crippen MR) is 113 cm³/mol. The van der Waals surface area contributed by atoms with Gasteiger partial charge < -0.3 is 24.1 Å². The van der Waals surface area contributed by atoms with Gasteiger partial charge >= 0.3 is 6.09 Å². The molecule has 1 N–H and O–H groups in total. The number of hydrogen-bond acceptors (Lipinski definition) is 4. The lowest BCUT2D eigenvalue weighted by atomic mass is 10.0. The Balaban J connectivity index is 0.000000212. The summed E-state index contributed by atoms with van der Waals surface area (Å²) in [6.07, 6.45) is 2.52. The summed E-state index contributed by atoms with van der Waals surface area (Å²) in [6, 6.07) is 8.24. The largest absolute Gasteiger partial charge is 0.444 e. The van der Waals surface area contributed by atoms with Gasteiger partial charge in [0.25, 0.3) is 0 Å². The number of nitrogens with zero attached hydrogens (tertiary/aromatic N) is 2. The van der Waals surface area contributed by atoms with Crippen molar-refractivity contribution < 1.29 is 19.1 Å². The number of carbonyl (C=O) groups excluding carboxylic acids is 2. The van der Waals surface area contributed by atoms with Gasteiger partial charge in [0.15, 0.2) is 0 Å². The lowest BCUT2D eigenvalue weighted by Gasteiger charge is -2.29. The van der Waals surface area contributed by atoms with Crippen LogP contribution in [0.4, 0.5) is 4.79 Å². The highest BCUT2D eigenvalue weighted by molar-refractivity contribution is 5.68. The summed E-state index contributed by atoms with van der Waals surface area (Å²) in [6.45, 7) is 14.2. The van der Waals surface area contributed by atoms with Gasteiger partial charge in [0.05, 0.1) is 18.8 Å². The van der Waals surface area contributed by atoms with E-state index in [0.29, 0.717) is 26.3 Å². The van der Waals surface area contributed by atoms with E-state index in [9.17, 15) is 9.59 Å². The van der Waals surface area contributed by atoms with Crippen LogP contribution < -0.4 is 5.32 Å². The molecule has 1 saturated heterocycles. The Kier molecular flexibility index (Phi) is 7.30. The number of aryl methyl sites for hydroxylation is 1. The van der Waals surface area contributed by atoms with Crippen molar-refractivity contribution in [3.63, 3.8) is 0 Å². The van der Waals surface area contributed by atoms with Gasteiger partial charge in [-0.05, 0) is 65.3 Å². The fourth-order valence-electron chi connectivity index (χ4n) is 3.09. The van der Waals surface area contributed by atoms with E-state index in [4.69, 9.17) is 9.47 Å². The van der Waals surface area contributed by atoms with Crippen LogP contribution in [-0.2, 0) is 19.8 Å². The molecule has 0 aliphatic carbocycles. The summed E-state index contributed by atoms with van der Waals surface area (Å²) in [5.41, 5.74) is 2.73. The maximum absolute atomic E-state index is 11.5. The summed E-state index contributed by atoms with van der Waals surface area (Å²) in [4.78, 5) is 23.7. The van der Waals surface area contributed by atoms with E-state index in [1.54, 1.807) is 4.90 Å². The van der Waals surface area contributed by atoms with E-state index < -0.39 is 5.60 Å². The number of fused-ring (bicyclic) bond motifs is 1. The number of nitrogens with one attached hydrogen (secondary N) is 1. The van der Waals surface area contributed by atoms with Crippen LogP contribution in [0.25, 0.3) is 5.52 Å². The van der Waals surface area contributed by atoms with Crippen LogP contribution in [-0.4, -0.2) is 53.7 Å². The maximum Gasteiger partial charge on any atom is 0.410 e. The predicted octanol–water partition coefficient (Wildman–Crippen LogP) is 3.48. The molecule has 1 aliphatic heterocycles. The first-order valence-electron chi connectivity index (χ1n) is 9.89. The van der Waals surface area contributed by atoms with E-state index in [1.165, 1.54) is 11.1 Å². The fraction of sp³-hybridized carbons (Fsp3) is 0.545. The average molecular weight is 404 g/mol. The highest BCUT2D eigenvalue weighted by atomic mass is 16.6. The number of amides is 2. The summed E-state index contributed by atoms with van der Waals surface area (Å²) >= 11 is 0. The minimum atomic E-state index is -0.407. The Morgan fingerprint density at radius 2 is 1.79 bits per heavy atom. The molecule has 7 nitrogen and oxygen atoms in total. The molecule has 1 fully saturated rings. The van der Waals surface area contributed by atoms with Gasteiger partial charge in [0.2, 0.25) is 6.41 Å². The summed E-state index contributed by atoms with van der Waals surface area (Å²) in [7, 11) is 0. The molecule has 2 amide bonds. The van der Waals surface area contributed by atoms with Crippen LogP contribution in [0.5, 0.6) is 0 Å². The number of ether oxygens (including phenoxy) is 2. The van der Waals surface area contributed by atoms with Crippen LogP contribution in [0.3, 0.4) is 0 Å². The quantitative estimate of drug-likeness (QED) is 0.797. The molecule has 3 heterocycles. The summed E-state index contributed by atoms with van der Waals surface area (Å²) < 4.78 is 12.5. The lowest BCUT2D eigenvalue weighted by Crippen LogP contribution is -2.43. The smallest absolute Gasteiger partial charge is 0.410 e. The van der Waals surface area contributed by atoms with Gasteiger partial charge in [0, 0.05) is 30.5 Å². The lowest BCUT2D eigenvalue weighted by molar-refractivity contribution is -0.111. The standard InChI is InChI=1S/C13H16N2O.C9H17NO3/c1-10-5-4-8-15-11(10)6-7-12(15)13(2,3)14-9-16;1-9(2,3)13-8(11)10-4-6-12-7-5-10/h4-9H,1-3H3,(H,14,16);4-7H2,1-3H3. The van der Waals surface area contributed by atoms with Crippen molar-refractivity contribution in [3.8, 4) is 0 Å². The molecule has 2 aromatic rings. The first-order chi connectivity index (χ1) is 13.5. The Labute approximate surface area is 173 Å². The third-order valence-corrected chi connectivity index (χ3v) is 4.63. The minimum absolute atomic E-state index is 0.240. The van der Waals surface area contributed by atoms with Crippen LogP contribution in [0.2, 0.25) is 0 Å². The van der Waals surface area contributed by atoms with Crippen molar-refractivity contribution in [2.24, 2.45) is 0 Å². The molecule has 0 radical (unpaired) electrons. The van der Waals surface area contributed by atoms with Gasteiger partial charge in [-0.2, -0.15) is 0 Å². The normalized spacial score (nSPS) is 14.8. The van der Waals surface area contributed by atoms with Gasteiger partial charge in [-0.25, -0.2) is 4.79 Å². The zero-order chi connectivity index (χ0) is 21.7. The van der Waals surface area contributed by atoms with E-state index >= 15 is 0 Å². The number of hydrogen-bond donors (Lipinski definition) is 1. The molecule has 0 spiro atoms. The van der Waals surface area contributed by atoms with E-state index in [1.807, 2.05) is 46.9 Å². The molecule has 0 bridgehead atoms. The van der Waals surface area contributed by atoms with E-state index in [-0.39, 0.29) is 11.6 Å². The molecular weight excluding hydrogens is 370 g/mol. The minimum Gasteiger partial charge on any atom is -0.444 e. The molecule has 0 unspecified atom stereocenters. The summed E-state index contributed by atoms with van der Waals surface area (Å²) in [5, 5.41) is 2.83.